The van der Waals surface area contributed by atoms with Gasteiger partial charge in [0, 0.05) is 12.7 Å². The van der Waals surface area contributed by atoms with Crippen molar-refractivity contribution in [2.75, 3.05) is 5.75 Å². The Morgan fingerprint density at radius 2 is 2.35 bits per heavy atom. The van der Waals surface area contributed by atoms with E-state index in [-0.39, 0.29) is 5.75 Å². The van der Waals surface area contributed by atoms with Crippen molar-refractivity contribution in [2.24, 2.45) is 5.92 Å². The molecule has 2 heterocycles. The zero-order valence-electron chi connectivity index (χ0n) is 11.2. The highest BCUT2D eigenvalue weighted by molar-refractivity contribution is 7.99. The number of carboxylic acid groups (broad SMARTS) is 1. The number of aryl methyl sites for hydroxylation is 1. The van der Waals surface area contributed by atoms with E-state index in [1.165, 1.54) is 31.0 Å². The van der Waals surface area contributed by atoms with Crippen molar-refractivity contribution >= 4 is 28.8 Å². The summed E-state index contributed by atoms with van der Waals surface area (Å²) in [6.45, 7) is 0.910. The van der Waals surface area contributed by atoms with Crippen molar-refractivity contribution in [2.45, 2.75) is 37.4 Å². The third kappa shape index (κ3) is 2.80. The summed E-state index contributed by atoms with van der Waals surface area (Å²) < 4.78 is 2.14. The van der Waals surface area contributed by atoms with Crippen molar-refractivity contribution in [3.63, 3.8) is 0 Å². The maximum absolute atomic E-state index is 10.8. The molecule has 0 aromatic carbocycles. The lowest BCUT2D eigenvalue weighted by Gasteiger charge is -2.25. The Bertz CT molecular complexity index is 622. The number of fused-ring (bicyclic) bond motifs is 1. The molecule has 2 aromatic rings. The SMILES string of the molecule is O=C(O)CSc1nc2cnccc2n1CCC1CCC1. The molecule has 2 aromatic heterocycles. The van der Waals surface area contributed by atoms with Gasteiger partial charge in [0.15, 0.2) is 5.16 Å². The number of carbonyl (C=O) groups is 1. The first-order chi connectivity index (χ1) is 9.74. The molecule has 0 bridgehead atoms. The number of nitrogens with zero attached hydrogens (tertiary/aromatic N) is 3. The molecule has 5 nitrogen and oxygen atoms in total. The average molecular weight is 291 g/mol. The Kier molecular flexibility index (Phi) is 3.91. The fraction of sp³-hybridized carbons (Fsp3) is 0.500. The number of hydrogen-bond donors (Lipinski definition) is 1. The lowest BCUT2D eigenvalue weighted by atomic mass is 9.83. The van der Waals surface area contributed by atoms with Crippen LogP contribution in [0.4, 0.5) is 0 Å². The van der Waals surface area contributed by atoms with Crippen LogP contribution in [-0.4, -0.2) is 31.4 Å². The van der Waals surface area contributed by atoms with Gasteiger partial charge in [-0.1, -0.05) is 31.0 Å². The molecule has 0 amide bonds. The molecule has 0 radical (unpaired) electrons. The van der Waals surface area contributed by atoms with E-state index in [0.717, 1.165) is 35.1 Å². The molecule has 0 saturated heterocycles. The maximum Gasteiger partial charge on any atom is 0.313 e. The van der Waals surface area contributed by atoms with E-state index in [9.17, 15) is 4.79 Å². The summed E-state index contributed by atoms with van der Waals surface area (Å²) in [6.07, 6.45) is 8.64. The largest absolute Gasteiger partial charge is 0.481 e. The van der Waals surface area contributed by atoms with E-state index in [1.807, 2.05) is 6.07 Å². The van der Waals surface area contributed by atoms with Crippen LogP contribution in [0.15, 0.2) is 23.6 Å². The minimum atomic E-state index is -0.814. The Balaban J connectivity index is 1.83. The molecule has 0 aliphatic heterocycles. The second-order valence-corrected chi connectivity index (χ2v) is 6.12. The standard InChI is InChI=1S/C14H17N3O2S/c18-13(19)9-20-14-16-11-8-15-6-4-12(11)17(14)7-5-10-2-1-3-10/h4,6,8,10H,1-3,5,7,9H2,(H,18,19). The molecule has 1 aliphatic carbocycles. The maximum atomic E-state index is 10.8. The molecule has 1 aliphatic rings. The summed E-state index contributed by atoms with van der Waals surface area (Å²) in [4.78, 5) is 19.3. The van der Waals surface area contributed by atoms with Crippen molar-refractivity contribution in [3.8, 4) is 0 Å². The summed E-state index contributed by atoms with van der Waals surface area (Å²) >= 11 is 1.28. The Morgan fingerprint density at radius 1 is 1.50 bits per heavy atom. The highest BCUT2D eigenvalue weighted by Crippen LogP contribution is 2.31. The molecule has 6 heteroatoms. The molecule has 106 valence electrons. The van der Waals surface area contributed by atoms with Gasteiger partial charge in [-0.25, -0.2) is 4.98 Å². The second-order valence-electron chi connectivity index (χ2n) is 5.18. The summed E-state index contributed by atoms with van der Waals surface area (Å²) in [6, 6.07) is 1.95. The van der Waals surface area contributed by atoms with Gasteiger partial charge in [0.2, 0.25) is 0 Å². The predicted octanol–water partition coefficient (Wildman–Crippen LogP) is 2.80. The smallest absolute Gasteiger partial charge is 0.313 e. The molecule has 0 atom stereocenters. The minimum Gasteiger partial charge on any atom is -0.481 e. The van der Waals surface area contributed by atoms with Gasteiger partial charge >= 0.3 is 5.97 Å². The lowest BCUT2D eigenvalue weighted by molar-refractivity contribution is -0.133. The van der Waals surface area contributed by atoms with Crippen LogP contribution in [0.25, 0.3) is 11.0 Å². The second kappa shape index (κ2) is 5.83. The monoisotopic (exact) mass is 291 g/mol. The Morgan fingerprint density at radius 3 is 3.05 bits per heavy atom. The van der Waals surface area contributed by atoms with Crippen molar-refractivity contribution in [1.82, 2.24) is 14.5 Å². The van der Waals surface area contributed by atoms with Gasteiger partial charge < -0.3 is 9.67 Å². The van der Waals surface area contributed by atoms with Crippen LogP contribution >= 0.6 is 11.8 Å². The number of hydrogen-bond acceptors (Lipinski definition) is 4. The number of rotatable bonds is 6. The molecule has 20 heavy (non-hydrogen) atoms. The predicted molar refractivity (Wildman–Crippen MR) is 77.8 cm³/mol. The first-order valence-corrected chi connectivity index (χ1v) is 7.87. The van der Waals surface area contributed by atoms with Crippen molar-refractivity contribution in [1.29, 1.82) is 0 Å². The number of imidazole rings is 1. The van der Waals surface area contributed by atoms with E-state index in [0.29, 0.717) is 0 Å². The van der Waals surface area contributed by atoms with E-state index in [2.05, 4.69) is 14.5 Å². The van der Waals surface area contributed by atoms with Crippen LogP contribution in [0.3, 0.4) is 0 Å². The summed E-state index contributed by atoms with van der Waals surface area (Å²) in [7, 11) is 0. The summed E-state index contributed by atoms with van der Waals surface area (Å²) in [5.41, 5.74) is 1.89. The Hall–Kier alpha value is -1.56. The van der Waals surface area contributed by atoms with E-state index in [1.54, 1.807) is 12.4 Å². The third-order valence-electron chi connectivity index (χ3n) is 3.83. The van der Waals surface area contributed by atoms with Gasteiger partial charge in [0.1, 0.15) is 5.52 Å². The first kappa shape index (κ1) is 13.4. The number of aromatic nitrogens is 3. The van der Waals surface area contributed by atoms with Crippen LogP contribution in [0, 0.1) is 5.92 Å². The van der Waals surface area contributed by atoms with Crippen molar-refractivity contribution < 1.29 is 9.90 Å². The Labute approximate surface area is 121 Å². The molecule has 1 saturated carbocycles. The minimum absolute atomic E-state index is 0.0418. The molecular weight excluding hydrogens is 274 g/mol. The van der Waals surface area contributed by atoms with Crippen LogP contribution in [-0.2, 0) is 11.3 Å². The van der Waals surface area contributed by atoms with Gasteiger partial charge in [0.25, 0.3) is 0 Å². The first-order valence-electron chi connectivity index (χ1n) is 6.89. The van der Waals surface area contributed by atoms with Crippen LogP contribution in [0.5, 0.6) is 0 Å². The normalized spacial score (nSPS) is 15.4. The number of pyridine rings is 1. The van der Waals surface area contributed by atoms with E-state index < -0.39 is 5.97 Å². The van der Waals surface area contributed by atoms with Gasteiger partial charge in [-0.2, -0.15) is 0 Å². The quantitative estimate of drug-likeness (QED) is 0.829. The topological polar surface area (TPSA) is 68.0 Å². The number of aliphatic carboxylic acids is 1. The fourth-order valence-electron chi connectivity index (χ4n) is 2.51. The van der Waals surface area contributed by atoms with E-state index in [4.69, 9.17) is 5.11 Å². The summed E-state index contributed by atoms with van der Waals surface area (Å²) in [5.74, 6) is 0.0533. The molecule has 1 N–H and O–H groups in total. The zero-order valence-corrected chi connectivity index (χ0v) is 12.0. The molecular formula is C14H17N3O2S. The van der Waals surface area contributed by atoms with Crippen LogP contribution in [0.1, 0.15) is 25.7 Å². The highest BCUT2D eigenvalue weighted by Gasteiger charge is 2.19. The third-order valence-corrected chi connectivity index (χ3v) is 4.79. The zero-order chi connectivity index (χ0) is 13.9. The fourth-order valence-corrected chi connectivity index (χ4v) is 3.27. The number of thioether (sulfide) groups is 1. The van der Waals surface area contributed by atoms with E-state index >= 15 is 0 Å². The average Bonchev–Trinajstić information content (AvgIpc) is 2.73. The molecule has 1 fully saturated rings. The molecule has 3 rings (SSSR count). The highest BCUT2D eigenvalue weighted by atomic mass is 32.2. The van der Waals surface area contributed by atoms with Gasteiger partial charge in [-0.3, -0.25) is 9.78 Å². The van der Waals surface area contributed by atoms with Gasteiger partial charge in [0.05, 0.1) is 17.5 Å². The molecule has 0 spiro atoms. The van der Waals surface area contributed by atoms with Gasteiger partial charge in [-0.05, 0) is 18.4 Å². The molecule has 0 unspecified atom stereocenters. The van der Waals surface area contributed by atoms with Crippen molar-refractivity contribution in [3.05, 3.63) is 18.5 Å². The number of carboxylic acids is 1. The van der Waals surface area contributed by atoms with Crippen LogP contribution in [0.2, 0.25) is 0 Å². The summed E-state index contributed by atoms with van der Waals surface area (Å²) in [5, 5.41) is 9.62. The lowest BCUT2D eigenvalue weighted by Crippen LogP contribution is -2.14. The van der Waals surface area contributed by atoms with Crippen LogP contribution < -0.4 is 0 Å². The van der Waals surface area contributed by atoms with Gasteiger partial charge in [-0.15, -0.1) is 0 Å².